The van der Waals surface area contributed by atoms with Crippen molar-refractivity contribution in [2.45, 2.75) is 19.8 Å². The zero-order valence-corrected chi connectivity index (χ0v) is 12.7. The highest BCUT2D eigenvalue weighted by Gasteiger charge is 2.17. The van der Waals surface area contributed by atoms with Gasteiger partial charge in [-0.15, -0.1) is 0 Å². The average molecular weight is 359 g/mol. The lowest BCUT2D eigenvalue weighted by Crippen LogP contribution is -2.12. The lowest BCUT2D eigenvalue weighted by atomic mass is 10.2. The number of nitrogens with one attached hydrogen (secondary N) is 1. The predicted molar refractivity (Wildman–Crippen MR) is 78.0 cm³/mol. The van der Waals surface area contributed by atoms with Gasteiger partial charge in [0.2, 0.25) is 11.7 Å². The fourth-order valence-corrected chi connectivity index (χ4v) is 2.20. The van der Waals surface area contributed by atoms with Crippen molar-refractivity contribution in [2.75, 3.05) is 5.43 Å². The lowest BCUT2D eigenvalue weighted by Gasteiger charge is -2.13. The van der Waals surface area contributed by atoms with E-state index in [1.165, 1.54) is 12.4 Å². The second-order valence-corrected chi connectivity index (χ2v) is 5.12. The van der Waals surface area contributed by atoms with Gasteiger partial charge in [-0.05, 0) is 18.6 Å². The summed E-state index contributed by atoms with van der Waals surface area (Å²) in [7, 11) is 0. The molecule has 1 heterocycles. The molecule has 5 nitrogen and oxygen atoms in total. The molecule has 21 heavy (non-hydrogen) atoms. The summed E-state index contributed by atoms with van der Waals surface area (Å²) in [5.41, 5.74) is 3.04. The van der Waals surface area contributed by atoms with Gasteiger partial charge in [-0.2, -0.15) is 4.39 Å². The summed E-state index contributed by atoms with van der Waals surface area (Å²) < 4.78 is 32.9. The molecule has 0 aliphatic carbocycles. The SMILES string of the molecule is CCCc1c(NN)ncnc1Oc1cc(Br)cc(F)c1F. The first-order valence-corrected chi connectivity index (χ1v) is 6.99. The fourth-order valence-electron chi connectivity index (χ4n) is 1.79. The third-order valence-electron chi connectivity index (χ3n) is 2.71. The standard InChI is InChI=1S/C13H13BrF2N4O/c1-2-3-8-12(20-17)18-6-19-13(8)21-10-5-7(14)4-9(15)11(10)16/h4-6H,2-3,17H2,1H3,(H,18,19,20). The molecule has 3 N–H and O–H groups in total. The number of benzene rings is 1. The molecular weight excluding hydrogens is 346 g/mol. The van der Waals surface area contributed by atoms with Crippen molar-refractivity contribution in [3.63, 3.8) is 0 Å². The Morgan fingerprint density at radius 1 is 1.33 bits per heavy atom. The van der Waals surface area contributed by atoms with Crippen LogP contribution in [0, 0.1) is 11.6 Å². The second-order valence-electron chi connectivity index (χ2n) is 4.20. The maximum Gasteiger partial charge on any atom is 0.227 e. The van der Waals surface area contributed by atoms with E-state index in [2.05, 4.69) is 31.3 Å². The minimum atomic E-state index is -1.08. The Morgan fingerprint density at radius 3 is 2.76 bits per heavy atom. The van der Waals surface area contributed by atoms with Gasteiger partial charge in [0.1, 0.15) is 12.1 Å². The van der Waals surface area contributed by atoms with Crippen LogP contribution in [-0.2, 0) is 6.42 Å². The monoisotopic (exact) mass is 358 g/mol. The van der Waals surface area contributed by atoms with Crippen molar-refractivity contribution in [1.82, 2.24) is 9.97 Å². The maximum absolute atomic E-state index is 13.8. The van der Waals surface area contributed by atoms with Gasteiger partial charge in [-0.1, -0.05) is 29.3 Å². The number of nitrogens with two attached hydrogens (primary N) is 1. The molecular formula is C13H13BrF2N4O. The van der Waals surface area contributed by atoms with Crippen molar-refractivity contribution >= 4 is 21.7 Å². The molecule has 0 saturated heterocycles. The van der Waals surface area contributed by atoms with Gasteiger partial charge >= 0.3 is 0 Å². The molecule has 0 unspecified atom stereocenters. The number of nitrogen functional groups attached to an aromatic ring is 1. The number of anilines is 1. The van der Waals surface area contributed by atoms with Crippen molar-refractivity contribution in [3.05, 3.63) is 40.1 Å². The van der Waals surface area contributed by atoms with E-state index < -0.39 is 11.6 Å². The number of hydrogen-bond acceptors (Lipinski definition) is 5. The van der Waals surface area contributed by atoms with Crippen LogP contribution >= 0.6 is 15.9 Å². The predicted octanol–water partition coefficient (Wildman–Crippen LogP) is 3.55. The third kappa shape index (κ3) is 3.45. The molecule has 0 atom stereocenters. The number of rotatable bonds is 5. The van der Waals surface area contributed by atoms with Gasteiger partial charge in [-0.25, -0.2) is 20.2 Å². The van der Waals surface area contributed by atoms with Crippen LogP contribution in [0.15, 0.2) is 22.9 Å². The minimum Gasteiger partial charge on any atom is -0.435 e. The lowest BCUT2D eigenvalue weighted by molar-refractivity contribution is 0.400. The van der Waals surface area contributed by atoms with E-state index in [0.717, 1.165) is 12.5 Å². The summed E-state index contributed by atoms with van der Waals surface area (Å²) in [6, 6.07) is 2.34. The number of ether oxygens (including phenoxy) is 1. The molecule has 0 saturated carbocycles. The van der Waals surface area contributed by atoms with E-state index >= 15 is 0 Å². The fraction of sp³-hybridized carbons (Fsp3) is 0.231. The van der Waals surface area contributed by atoms with Crippen LogP contribution in [0.4, 0.5) is 14.6 Å². The van der Waals surface area contributed by atoms with Crippen LogP contribution in [0.25, 0.3) is 0 Å². The number of halogens is 3. The highest BCUT2D eigenvalue weighted by molar-refractivity contribution is 9.10. The van der Waals surface area contributed by atoms with Crippen LogP contribution in [0.2, 0.25) is 0 Å². The third-order valence-corrected chi connectivity index (χ3v) is 3.17. The van der Waals surface area contributed by atoms with Crippen LogP contribution in [0.1, 0.15) is 18.9 Å². The molecule has 0 bridgehead atoms. The minimum absolute atomic E-state index is 0.135. The van der Waals surface area contributed by atoms with Crippen molar-refractivity contribution < 1.29 is 13.5 Å². The van der Waals surface area contributed by atoms with Crippen LogP contribution < -0.4 is 16.0 Å². The summed E-state index contributed by atoms with van der Waals surface area (Å²) in [6.07, 6.45) is 2.59. The first-order chi connectivity index (χ1) is 10.1. The van der Waals surface area contributed by atoms with Crippen molar-refractivity contribution in [1.29, 1.82) is 0 Å². The van der Waals surface area contributed by atoms with Crippen LogP contribution in [-0.4, -0.2) is 9.97 Å². The first kappa shape index (κ1) is 15.6. The Bertz CT molecular complexity index is 654. The molecule has 1 aromatic carbocycles. The molecule has 0 amide bonds. The number of aromatic nitrogens is 2. The van der Waals surface area contributed by atoms with Gasteiger partial charge in [0.15, 0.2) is 11.6 Å². The smallest absolute Gasteiger partial charge is 0.227 e. The number of hydrazine groups is 1. The number of hydrogen-bond donors (Lipinski definition) is 2. The molecule has 0 radical (unpaired) electrons. The summed E-state index contributed by atoms with van der Waals surface area (Å²) in [5, 5.41) is 0. The summed E-state index contributed by atoms with van der Waals surface area (Å²) in [5.74, 6) is 3.55. The van der Waals surface area contributed by atoms with E-state index in [0.29, 0.717) is 22.3 Å². The van der Waals surface area contributed by atoms with Gasteiger partial charge in [0, 0.05) is 4.47 Å². The van der Waals surface area contributed by atoms with E-state index in [-0.39, 0.29) is 11.6 Å². The van der Waals surface area contributed by atoms with Gasteiger partial charge < -0.3 is 10.2 Å². The number of nitrogens with zero attached hydrogens (tertiary/aromatic N) is 2. The quantitative estimate of drug-likeness (QED) is 0.485. The molecule has 2 rings (SSSR count). The summed E-state index contributed by atoms with van der Waals surface area (Å²) in [4.78, 5) is 7.94. The van der Waals surface area contributed by atoms with E-state index in [1.807, 2.05) is 6.92 Å². The molecule has 1 aromatic heterocycles. The highest BCUT2D eigenvalue weighted by Crippen LogP contribution is 2.32. The molecule has 2 aromatic rings. The Labute approximate surface area is 128 Å². The molecule has 0 aliphatic rings. The second kappa shape index (κ2) is 6.77. The Balaban J connectivity index is 2.44. The van der Waals surface area contributed by atoms with Crippen molar-refractivity contribution in [3.8, 4) is 11.6 Å². The van der Waals surface area contributed by atoms with E-state index in [1.54, 1.807) is 0 Å². The molecule has 0 spiro atoms. The molecule has 112 valence electrons. The Hall–Kier alpha value is -1.80. The molecule has 0 fully saturated rings. The summed E-state index contributed by atoms with van der Waals surface area (Å²) >= 11 is 3.09. The summed E-state index contributed by atoms with van der Waals surface area (Å²) in [6.45, 7) is 1.95. The van der Waals surface area contributed by atoms with Gasteiger partial charge in [0.05, 0.1) is 5.56 Å². The zero-order valence-electron chi connectivity index (χ0n) is 11.2. The first-order valence-electron chi connectivity index (χ1n) is 6.19. The zero-order chi connectivity index (χ0) is 15.4. The van der Waals surface area contributed by atoms with E-state index in [4.69, 9.17) is 10.6 Å². The highest BCUT2D eigenvalue weighted by atomic mass is 79.9. The largest absolute Gasteiger partial charge is 0.435 e. The van der Waals surface area contributed by atoms with E-state index in [9.17, 15) is 8.78 Å². The van der Waals surface area contributed by atoms with Gasteiger partial charge in [-0.3, -0.25) is 0 Å². The van der Waals surface area contributed by atoms with Crippen LogP contribution in [0.3, 0.4) is 0 Å². The van der Waals surface area contributed by atoms with Crippen molar-refractivity contribution in [2.24, 2.45) is 5.84 Å². The Morgan fingerprint density at radius 2 is 2.10 bits per heavy atom. The van der Waals surface area contributed by atoms with Crippen LogP contribution in [0.5, 0.6) is 11.6 Å². The topological polar surface area (TPSA) is 73.1 Å². The van der Waals surface area contributed by atoms with Gasteiger partial charge in [0.25, 0.3) is 0 Å². The normalized spacial score (nSPS) is 10.5. The molecule has 0 aliphatic heterocycles. The molecule has 8 heteroatoms. The average Bonchev–Trinajstić information content (AvgIpc) is 2.46. The maximum atomic E-state index is 13.8. The Kier molecular flexibility index (Phi) is 5.03.